The average molecular weight is 492 g/mol. The Morgan fingerprint density at radius 2 is 1.85 bits per heavy atom. The third kappa shape index (κ3) is 4.06. The molecule has 0 saturated carbocycles. The van der Waals surface area contributed by atoms with Crippen LogP contribution < -0.4 is 15.0 Å². The van der Waals surface area contributed by atoms with E-state index in [9.17, 15) is 9.59 Å². The zero-order valence-corrected chi connectivity index (χ0v) is 20.1. The molecular weight excluding hydrogens is 470 g/mol. The topological polar surface area (TPSA) is 89.4 Å². The van der Waals surface area contributed by atoms with E-state index in [4.69, 9.17) is 4.74 Å². The normalized spacial score (nSPS) is 13.8. The first-order valence-electron chi connectivity index (χ1n) is 10.6. The van der Waals surface area contributed by atoms with Crippen molar-refractivity contribution < 1.29 is 14.3 Å². The SMILES string of the molecule is COc1ccccc1-n1c(SC(C)C(=O)N2CC(=O)Nc3ccccc32)nnc1-c1cccs1. The molecule has 1 N–H and O–H groups in total. The van der Waals surface area contributed by atoms with Gasteiger partial charge in [-0.1, -0.05) is 42.1 Å². The van der Waals surface area contributed by atoms with Gasteiger partial charge in [0.15, 0.2) is 11.0 Å². The molecule has 1 unspecified atom stereocenters. The van der Waals surface area contributed by atoms with Gasteiger partial charge in [-0.05, 0) is 42.6 Å². The Hall–Kier alpha value is -3.63. The Balaban J connectivity index is 1.51. The third-order valence-electron chi connectivity index (χ3n) is 5.37. The molecule has 0 aliphatic carbocycles. The standard InChI is InChI=1S/C24H21N5O3S2/c1-15(23(31)28-14-21(30)25-16-8-3-4-9-17(16)28)34-24-27-26-22(20-12-7-13-33-20)29(24)18-10-5-6-11-19(18)32-2/h3-13,15H,14H2,1-2H3,(H,25,30). The van der Waals surface area contributed by atoms with Crippen molar-refractivity contribution in [2.45, 2.75) is 17.3 Å². The quantitative estimate of drug-likeness (QED) is 0.400. The van der Waals surface area contributed by atoms with Crippen LogP contribution in [0.3, 0.4) is 0 Å². The van der Waals surface area contributed by atoms with Crippen LogP contribution in [-0.2, 0) is 9.59 Å². The number of hydrogen-bond acceptors (Lipinski definition) is 7. The Bertz CT molecular complexity index is 1350. The summed E-state index contributed by atoms with van der Waals surface area (Å²) >= 11 is 2.85. The molecule has 5 rings (SSSR count). The monoisotopic (exact) mass is 491 g/mol. The van der Waals surface area contributed by atoms with Crippen molar-refractivity contribution in [3.63, 3.8) is 0 Å². The van der Waals surface area contributed by atoms with E-state index in [-0.39, 0.29) is 18.4 Å². The van der Waals surface area contributed by atoms with Crippen molar-refractivity contribution in [3.8, 4) is 22.1 Å². The highest BCUT2D eigenvalue weighted by molar-refractivity contribution is 8.00. The van der Waals surface area contributed by atoms with Gasteiger partial charge in [0.1, 0.15) is 12.3 Å². The average Bonchev–Trinajstić information content (AvgIpc) is 3.53. The molecule has 8 nitrogen and oxygen atoms in total. The second-order valence-electron chi connectivity index (χ2n) is 7.54. The molecule has 4 aromatic rings. The Morgan fingerprint density at radius 1 is 1.09 bits per heavy atom. The highest BCUT2D eigenvalue weighted by Crippen LogP contribution is 2.37. The number of thioether (sulfide) groups is 1. The number of amides is 2. The summed E-state index contributed by atoms with van der Waals surface area (Å²) in [4.78, 5) is 28.2. The van der Waals surface area contributed by atoms with Gasteiger partial charge in [-0.3, -0.25) is 19.1 Å². The van der Waals surface area contributed by atoms with Crippen LogP contribution in [0.2, 0.25) is 0 Å². The molecule has 1 aliphatic rings. The van der Waals surface area contributed by atoms with E-state index in [1.54, 1.807) is 24.5 Å². The van der Waals surface area contributed by atoms with E-state index >= 15 is 0 Å². The molecule has 2 aromatic carbocycles. The highest BCUT2D eigenvalue weighted by Gasteiger charge is 2.31. The minimum atomic E-state index is -0.521. The van der Waals surface area contributed by atoms with Crippen LogP contribution in [0.4, 0.5) is 11.4 Å². The number of anilines is 2. The number of carbonyl (C=O) groups excluding carboxylic acids is 2. The third-order valence-corrected chi connectivity index (χ3v) is 7.26. The molecular formula is C24H21N5O3S2. The number of nitrogens with one attached hydrogen (secondary N) is 1. The van der Waals surface area contributed by atoms with Crippen LogP contribution in [-0.4, -0.2) is 45.5 Å². The van der Waals surface area contributed by atoms with Gasteiger partial charge in [-0.25, -0.2) is 0 Å². The Kier molecular flexibility index (Phi) is 6.08. The number of nitrogens with zero attached hydrogens (tertiary/aromatic N) is 4. The minimum absolute atomic E-state index is 0.0274. The Labute approximate surface area is 204 Å². The highest BCUT2D eigenvalue weighted by atomic mass is 32.2. The van der Waals surface area contributed by atoms with Crippen LogP contribution in [0.1, 0.15) is 6.92 Å². The summed E-state index contributed by atoms with van der Waals surface area (Å²) in [7, 11) is 1.62. The molecule has 0 spiro atoms. The van der Waals surface area contributed by atoms with Gasteiger partial charge in [0.2, 0.25) is 11.8 Å². The summed E-state index contributed by atoms with van der Waals surface area (Å²) in [5.41, 5.74) is 2.09. The maximum atomic E-state index is 13.5. The van der Waals surface area contributed by atoms with Gasteiger partial charge >= 0.3 is 0 Å². The zero-order valence-electron chi connectivity index (χ0n) is 18.5. The van der Waals surface area contributed by atoms with E-state index in [1.165, 1.54) is 16.7 Å². The second kappa shape index (κ2) is 9.32. The van der Waals surface area contributed by atoms with Gasteiger partial charge in [0.25, 0.3) is 0 Å². The van der Waals surface area contributed by atoms with Crippen LogP contribution in [0.5, 0.6) is 5.75 Å². The number of ether oxygens (including phenoxy) is 1. The summed E-state index contributed by atoms with van der Waals surface area (Å²) in [5, 5.41) is 13.7. The fourth-order valence-electron chi connectivity index (χ4n) is 3.80. The predicted octanol–water partition coefficient (Wildman–Crippen LogP) is 4.47. The lowest BCUT2D eigenvalue weighted by atomic mass is 10.2. The Morgan fingerprint density at radius 3 is 2.62 bits per heavy atom. The van der Waals surface area contributed by atoms with Gasteiger partial charge in [-0.2, -0.15) is 0 Å². The van der Waals surface area contributed by atoms with Crippen LogP contribution in [0, 0.1) is 0 Å². The van der Waals surface area contributed by atoms with Gasteiger partial charge in [0, 0.05) is 0 Å². The van der Waals surface area contributed by atoms with Gasteiger partial charge < -0.3 is 10.1 Å². The molecule has 0 bridgehead atoms. The summed E-state index contributed by atoms with van der Waals surface area (Å²) in [5.74, 6) is 0.938. The number of thiophene rings is 1. The molecule has 2 aromatic heterocycles. The minimum Gasteiger partial charge on any atom is -0.495 e. The number of carbonyl (C=O) groups is 2. The first kappa shape index (κ1) is 22.2. The zero-order chi connectivity index (χ0) is 23.7. The molecule has 0 fully saturated rings. The molecule has 34 heavy (non-hydrogen) atoms. The number of aromatic nitrogens is 3. The van der Waals surface area contributed by atoms with Crippen LogP contribution in [0.25, 0.3) is 16.4 Å². The van der Waals surface area contributed by atoms with E-state index in [1.807, 2.05) is 71.5 Å². The van der Waals surface area contributed by atoms with Crippen LogP contribution >= 0.6 is 23.1 Å². The van der Waals surface area contributed by atoms with E-state index < -0.39 is 5.25 Å². The first-order valence-corrected chi connectivity index (χ1v) is 12.3. The summed E-state index contributed by atoms with van der Waals surface area (Å²) < 4.78 is 7.51. The maximum absolute atomic E-state index is 13.5. The number of hydrogen-bond donors (Lipinski definition) is 1. The molecule has 1 atom stereocenters. The lowest BCUT2D eigenvalue weighted by Gasteiger charge is -2.30. The van der Waals surface area contributed by atoms with Crippen molar-refractivity contribution in [1.82, 2.24) is 14.8 Å². The van der Waals surface area contributed by atoms with E-state index in [2.05, 4.69) is 15.5 Å². The number of para-hydroxylation sites is 4. The van der Waals surface area contributed by atoms with Crippen molar-refractivity contribution in [3.05, 3.63) is 66.0 Å². The van der Waals surface area contributed by atoms with Crippen molar-refractivity contribution in [2.75, 3.05) is 23.9 Å². The van der Waals surface area contributed by atoms with Crippen LogP contribution in [0.15, 0.2) is 71.2 Å². The van der Waals surface area contributed by atoms with E-state index in [0.717, 1.165) is 10.6 Å². The molecule has 172 valence electrons. The number of fused-ring (bicyclic) bond motifs is 1. The maximum Gasteiger partial charge on any atom is 0.244 e. The molecule has 0 radical (unpaired) electrons. The first-order chi connectivity index (χ1) is 16.6. The summed E-state index contributed by atoms with van der Waals surface area (Å²) in [6, 6.07) is 18.9. The predicted molar refractivity (Wildman–Crippen MR) is 134 cm³/mol. The van der Waals surface area contributed by atoms with Gasteiger partial charge in [-0.15, -0.1) is 21.5 Å². The second-order valence-corrected chi connectivity index (χ2v) is 9.80. The lowest BCUT2D eigenvalue weighted by Crippen LogP contribution is -2.45. The van der Waals surface area contributed by atoms with E-state index in [0.29, 0.717) is 28.1 Å². The molecule has 0 saturated heterocycles. The fraction of sp³-hybridized carbons (Fsp3) is 0.167. The fourth-order valence-corrected chi connectivity index (χ4v) is 5.42. The molecule has 3 heterocycles. The van der Waals surface area contributed by atoms with Crippen molar-refractivity contribution in [2.24, 2.45) is 0 Å². The summed E-state index contributed by atoms with van der Waals surface area (Å²) in [6.07, 6.45) is 0. The molecule has 1 aliphatic heterocycles. The van der Waals surface area contributed by atoms with Crippen molar-refractivity contribution >= 4 is 46.3 Å². The molecule has 2 amide bonds. The van der Waals surface area contributed by atoms with Gasteiger partial charge in [0.05, 0.1) is 34.3 Å². The summed E-state index contributed by atoms with van der Waals surface area (Å²) in [6.45, 7) is 1.79. The largest absolute Gasteiger partial charge is 0.495 e. The number of benzene rings is 2. The van der Waals surface area contributed by atoms with Crippen molar-refractivity contribution in [1.29, 1.82) is 0 Å². The number of rotatable bonds is 6. The number of methoxy groups -OCH3 is 1. The smallest absolute Gasteiger partial charge is 0.244 e. The molecule has 10 heteroatoms. The lowest BCUT2D eigenvalue weighted by molar-refractivity contribution is -0.121.